The van der Waals surface area contributed by atoms with E-state index in [-0.39, 0.29) is 0 Å². The predicted octanol–water partition coefficient (Wildman–Crippen LogP) is 13.5. The van der Waals surface area contributed by atoms with E-state index in [0.29, 0.717) is 0 Å². The SMILES string of the molecule is c1ccc(-c2ccccc2-c2ccc3sc4ccc(-c5ccc6sc7ccc(-c8ccccc8-c8ccccn8)cc7c6c5)cc4c3c2)nc1. The molecule has 6 aromatic carbocycles. The van der Waals surface area contributed by atoms with Gasteiger partial charge in [0.05, 0.1) is 11.4 Å². The van der Waals surface area contributed by atoms with Crippen molar-refractivity contribution in [3.8, 4) is 55.9 Å². The highest BCUT2D eigenvalue weighted by Crippen LogP contribution is 2.43. The molecule has 234 valence electrons. The van der Waals surface area contributed by atoms with Crippen LogP contribution in [0.4, 0.5) is 0 Å². The minimum absolute atomic E-state index is 0.988. The van der Waals surface area contributed by atoms with Gasteiger partial charge in [-0.15, -0.1) is 22.7 Å². The third-order valence-corrected chi connectivity index (χ3v) is 11.9. The van der Waals surface area contributed by atoms with E-state index < -0.39 is 0 Å². The topological polar surface area (TPSA) is 25.8 Å². The summed E-state index contributed by atoms with van der Waals surface area (Å²) >= 11 is 3.72. The fourth-order valence-corrected chi connectivity index (χ4v) is 9.34. The van der Waals surface area contributed by atoms with Crippen LogP contribution < -0.4 is 0 Å². The van der Waals surface area contributed by atoms with Gasteiger partial charge in [-0.1, -0.05) is 84.9 Å². The Hall–Kier alpha value is -5.94. The number of fused-ring (bicyclic) bond motifs is 6. The van der Waals surface area contributed by atoms with E-state index in [2.05, 4.69) is 143 Å². The molecule has 0 aliphatic rings. The zero-order chi connectivity index (χ0) is 33.0. The molecule has 4 aromatic heterocycles. The summed E-state index contributed by atoms with van der Waals surface area (Å²) in [4.78, 5) is 9.31. The van der Waals surface area contributed by atoms with Gasteiger partial charge in [-0.25, -0.2) is 0 Å². The van der Waals surface area contributed by atoms with Crippen LogP contribution in [0.2, 0.25) is 0 Å². The molecule has 0 unspecified atom stereocenters. The first-order valence-electron chi connectivity index (χ1n) is 16.7. The lowest BCUT2D eigenvalue weighted by Crippen LogP contribution is -1.87. The summed E-state index contributed by atoms with van der Waals surface area (Å²) in [6, 6.07) is 57.0. The van der Waals surface area contributed by atoms with Crippen LogP contribution in [-0.4, -0.2) is 9.97 Å². The Labute approximate surface area is 297 Å². The Bertz CT molecular complexity index is 2670. The fourth-order valence-electron chi connectivity index (χ4n) is 7.21. The lowest BCUT2D eigenvalue weighted by Gasteiger charge is -2.10. The minimum Gasteiger partial charge on any atom is -0.256 e. The number of hydrogen-bond acceptors (Lipinski definition) is 4. The zero-order valence-corrected chi connectivity index (χ0v) is 28.5. The lowest BCUT2D eigenvalue weighted by molar-refractivity contribution is 1.33. The second-order valence-electron chi connectivity index (χ2n) is 12.6. The lowest BCUT2D eigenvalue weighted by atomic mass is 9.95. The van der Waals surface area contributed by atoms with Crippen LogP contribution in [0.3, 0.4) is 0 Å². The first-order valence-corrected chi connectivity index (χ1v) is 18.3. The van der Waals surface area contributed by atoms with Crippen molar-refractivity contribution in [1.29, 1.82) is 0 Å². The highest BCUT2D eigenvalue weighted by atomic mass is 32.1. The Morgan fingerprint density at radius 3 is 1.02 bits per heavy atom. The van der Waals surface area contributed by atoms with Crippen molar-refractivity contribution < 1.29 is 0 Å². The van der Waals surface area contributed by atoms with Crippen LogP contribution >= 0.6 is 22.7 Å². The summed E-state index contributed by atoms with van der Waals surface area (Å²) in [6.45, 7) is 0. The van der Waals surface area contributed by atoms with Gasteiger partial charge in [0.1, 0.15) is 0 Å². The number of hydrogen-bond donors (Lipinski definition) is 0. The molecule has 0 spiro atoms. The molecule has 0 atom stereocenters. The molecule has 2 nitrogen and oxygen atoms in total. The number of nitrogens with zero attached hydrogens (tertiary/aromatic N) is 2. The number of thiophene rings is 2. The zero-order valence-electron chi connectivity index (χ0n) is 26.9. The first-order chi connectivity index (χ1) is 24.8. The maximum atomic E-state index is 4.66. The van der Waals surface area contributed by atoms with E-state index in [0.717, 1.165) is 22.5 Å². The van der Waals surface area contributed by atoms with Crippen LogP contribution in [0.1, 0.15) is 0 Å². The first kappa shape index (κ1) is 29.0. The molecule has 0 bridgehead atoms. The van der Waals surface area contributed by atoms with Gasteiger partial charge in [0.2, 0.25) is 0 Å². The molecule has 50 heavy (non-hydrogen) atoms. The Morgan fingerprint density at radius 2 is 0.640 bits per heavy atom. The summed E-state index contributed by atoms with van der Waals surface area (Å²) in [7, 11) is 0. The van der Waals surface area contributed by atoms with Crippen molar-refractivity contribution >= 4 is 63.0 Å². The summed E-state index contributed by atoms with van der Waals surface area (Å²) in [5.41, 5.74) is 11.5. The van der Waals surface area contributed by atoms with Gasteiger partial charge in [0.15, 0.2) is 0 Å². The van der Waals surface area contributed by atoms with Crippen LogP contribution in [0.15, 0.2) is 170 Å². The largest absolute Gasteiger partial charge is 0.256 e. The minimum atomic E-state index is 0.988. The molecule has 0 aliphatic heterocycles. The van der Waals surface area contributed by atoms with Gasteiger partial charge in [0, 0.05) is 63.9 Å². The van der Waals surface area contributed by atoms with Gasteiger partial charge in [-0.2, -0.15) is 0 Å². The molecule has 0 amide bonds. The standard InChI is InChI=1S/C46H28N2S2/c1-3-11-35(41-13-5-7-23-47-41)33(9-1)31-17-21-45-39(27-31)37-25-29(15-19-43(37)49-45)30-16-20-44-38(26-30)40-28-32(18-22-46(40)50-44)34-10-2-4-12-36(34)42-14-6-8-24-48-42/h1-28H. The normalized spacial score (nSPS) is 11.6. The molecular formula is C46H28N2S2. The van der Waals surface area contributed by atoms with Crippen molar-refractivity contribution in [2.45, 2.75) is 0 Å². The monoisotopic (exact) mass is 672 g/mol. The van der Waals surface area contributed by atoms with Crippen LogP contribution in [0.25, 0.3) is 96.2 Å². The molecule has 0 aliphatic carbocycles. The fraction of sp³-hybridized carbons (Fsp3) is 0. The third kappa shape index (κ3) is 4.92. The van der Waals surface area contributed by atoms with Crippen molar-refractivity contribution in [3.05, 3.63) is 170 Å². The van der Waals surface area contributed by atoms with E-state index in [1.165, 1.54) is 73.7 Å². The van der Waals surface area contributed by atoms with Gasteiger partial charge in [-0.05, 0) is 106 Å². The molecule has 0 saturated heterocycles. The van der Waals surface area contributed by atoms with Crippen LogP contribution in [-0.2, 0) is 0 Å². The van der Waals surface area contributed by atoms with E-state index in [9.17, 15) is 0 Å². The van der Waals surface area contributed by atoms with Crippen LogP contribution in [0.5, 0.6) is 0 Å². The van der Waals surface area contributed by atoms with Crippen molar-refractivity contribution in [2.24, 2.45) is 0 Å². The average molecular weight is 673 g/mol. The molecular weight excluding hydrogens is 645 g/mol. The molecule has 0 radical (unpaired) electrons. The third-order valence-electron chi connectivity index (χ3n) is 9.63. The molecule has 10 aromatic rings. The number of pyridine rings is 2. The van der Waals surface area contributed by atoms with Crippen LogP contribution in [0, 0.1) is 0 Å². The van der Waals surface area contributed by atoms with Gasteiger partial charge in [0.25, 0.3) is 0 Å². The van der Waals surface area contributed by atoms with Gasteiger partial charge < -0.3 is 0 Å². The van der Waals surface area contributed by atoms with E-state index in [4.69, 9.17) is 0 Å². The second-order valence-corrected chi connectivity index (χ2v) is 14.7. The predicted molar refractivity (Wildman–Crippen MR) is 215 cm³/mol. The van der Waals surface area contributed by atoms with Gasteiger partial charge in [-0.3, -0.25) is 9.97 Å². The molecule has 10 rings (SSSR count). The summed E-state index contributed by atoms with van der Waals surface area (Å²) in [5.74, 6) is 0. The molecule has 0 saturated carbocycles. The summed E-state index contributed by atoms with van der Waals surface area (Å²) in [6.07, 6.45) is 3.72. The molecule has 0 N–H and O–H groups in total. The van der Waals surface area contributed by atoms with Crippen molar-refractivity contribution in [1.82, 2.24) is 9.97 Å². The summed E-state index contributed by atoms with van der Waals surface area (Å²) in [5, 5.41) is 5.17. The Balaban J connectivity index is 1.08. The van der Waals surface area contributed by atoms with Crippen molar-refractivity contribution in [2.75, 3.05) is 0 Å². The number of rotatable bonds is 5. The maximum absolute atomic E-state index is 4.66. The Kier molecular flexibility index (Phi) is 6.90. The molecule has 0 fully saturated rings. The van der Waals surface area contributed by atoms with Gasteiger partial charge >= 0.3 is 0 Å². The van der Waals surface area contributed by atoms with E-state index >= 15 is 0 Å². The second kappa shape index (κ2) is 11.9. The average Bonchev–Trinajstić information content (AvgIpc) is 3.75. The number of benzene rings is 6. The summed E-state index contributed by atoms with van der Waals surface area (Å²) < 4.78 is 5.21. The highest BCUT2D eigenvalue weighted by Gasteiger charge is 2.15. The van der Waals surface area contributed by atoms with Crippen molar-refractivity contribution in [3.63, 3.8) is 0 Å². The van der Waals surface area contributed by atoms with E-state index in [1.54, 1.807) is 0 Å². The highest BCUT2D eigenvalue weighted by molar-refractivity contribution is 7.26. The van der Waals surface area contributed by atoms with E-state index in [1.807, 2.05) is 59.3 Å². The maximum Gasteiger partial charge on any atom is 0.0708 e. The molecule has 4 heteroatoms. The Morgan fingerprint density at radius 1 is 0.300 bits per heavy atom. The molecule has 4 heterocycles. The quantitative estimate of drug-likeness (QED) is 0.182. The number of aromatic nitrogens is 2. The smallest absolute Gasteiger partial charge is 0.0708 e.